The number of hydrogen-bond donors (Lipinski definition) is 3. The van der Waals surface area contributed by atoms with Gasteiger partial charge in [0, 0.05) is 36.3 Å². The summed E-state index contributed by atoms with van der Waals surface area (Å²) in [6, 6.07) is 6.48. The van der Waals surface area contributed by atoms with E-state index in [4.69, 9.17) is 5.41 Å². The van der Waals surface area contributed by atoms with E-state index in [2.05, 4.69) is 10.4 Å². The Kier molecular flexibility index (Phi) is 9.28. The van der Waals surface area contributed by atoms with Crippen molar-refractivity contribution in [2.24, 2.45) is 5.92 Å². The van der Waals surface area contributed by atoms with E-state index in [9.17, 15) is 27.9 Å². The van der Waals surface area contributed by atoms with Gasteiger partial charge < -0.3 is 15.3 Å². The second-order valence-corrected chi connectivity index (χ2v) is 12.0. The van der Waals surface area contributed by atoms with Gasteiger partial charge in [-0.3, -0.25) is 15.0 Å². The number of rotatable bonds is 10. The monoisotopic (exact) mass is 561 g/mol. The van der Waals surface area contributed by atoms with Crippen LogP contribution in [0.1, 0.15) is 65.0 Å². The number of aliphatic hydroxyl groups excluding tert-OH is 1. The molecule has 11 heteroatoms. The molecule has 0 radical (unpaired) electrons. The van der Waals surface area contributed by atoms with Crippen LogP contribution in [-0.2, 0) is 21.2 Å². The van der Waals surface area contributed by atoms with Gasteiger partial charge in [0.25, 0.3) is 0 Å². The van der Waals surface area contributed by atoms with E-state index >= 15 is 0 Å². The largest absolute Gasteiger partial charge is 0.416 e. The van der Waals surface area contributed by atoms with Gasteiger partial charge in [0.1, 0.15) is 5.49 Å². The molecular formula is C29H38F3N5O3. The van der Waals surface area contributed by atoms with Crippen molar-refractivity contribution in [1.82, 2.24) is 20.0 Å². The second-order valence-electron chi connectivity index (χ2n) is 12.0. The number of nitrogens with one attached hydrogen (secondary N) is 2. The fourth-order valence-electron chi connectivity index (χ4n) is 4.58. The molecule has 8 nitrogen and oxygen atoms in total. The molecule has 3 rings (SSSR count). The van der Waals surface area contributed by atoms with Crippen LogP contribution in [0.15, 0.2) is 36.4 Å². The smallest absolute Gasteiger partial charge is 0.393 e. The summed E-state index contributed by atoms with van der Waals surface area (Å²) in [6.07, 6.45) is 0.361. The first-order chi connectivity index (χ1) is 18.5. The molecule has 1 aliphatic rings. The van der Waals surface area contributed by atoms with Gasteiger partial charge >= 0.3 is 6.18 Å². The number of aromatic nitrogens is 2. The van der Waals surface area contributed by atoms with Gasteiger partial charge in [0.15, 0.2) is 0 Å². The lowest BCUT2D eigenvalue weighted by Gasteiger charge is -2.38. The highest BCUT2D eigenvalue weighted by Gasteiger charge is 2.37. The van der Waals surface area contributed by atoms with Crippen molar-refractivity contribution in [2.75, 3.05) is 13.1 Å². The molecular weight excluding hydrogens is 523 g/mol. The first kappa shape index (κ1) is 31.1. The molecule has 1 fully saturated rings. The van der Waals surface area contributed by atoms with Crippen molar-refractivity contribution in [1.29, 1.82) is 5.41 Å². The first-order valence-corrected chi connectivity index (χ1v) is 13.2. The summed E-state index contributed by atoms with van der Waals surface area (Å²) in [4.78, 5) is 25.8. The standard InChI is InChI=1S/C29H38F3N5O3/c1-27(2,3)23-16-24(19-8-10-21(11-9-19)29(30,31)32)35-37(25(23)33)13-7-6-12-36(17-28(4,5)34-18-38)26(40)20-14-22(39)15-20/h7-11,13,16,18,20,22,33,39H,6,12,14-15,17H2,1-5H3,(H,34,38)/b13-7+,33-25?. The van der Waals surface area contributed by atoms with Crippen molar-refractivity contribution in [3.63, 3.8) is 0 Å². The fourth-order valence-corrected chi connectivity index (χ4v) is 4.58. The molecule has 0 bridgehead atoms. The Bertz CT molecular complexity index is 1290. The maximum atomic E-state index is 13.1. The zero-order chi connectivity index (χ0) is 29.9. The number of benzene rings is 1. The Labute approximate surface area is 232 Å². The minimum absolute atomic E-state index is 0.0780. The van der Waals surface area contributed by atoms with Crippen molar-refractivity contribution < 1.29 is 27.9 Å². The first-order valence-electron chi connectivity index (χ1n) is 13.2. The molecule has 0 aliphatic heterocycles. The normalized spacial score (nSPS) is 17.9. The van der Waals surface area contributed by atoms with Gasteiger partial charge in [-0.2, -0.15) is 18.3 Å². The molecule has 1 aromatic heterocycles. The van der Waals surface area contributed by atoms with E-state index in [1.54, 1.807) is 23.2 Å². The van der Waals surface area contributed by atoms with E-state index < -0.39 is 28.8 Å². The van der Waals surface area contributed by atoms with Crippen molar-refractivity contribution in [3.8, 4) is 11.3 Å². The van der Waals surface area contributed by atoms with Crippen LogP contribution >= 0.6 is 0 Å². The lowest BCUT2D eigenvalue weighted by molar-refractivity contribution is -0.143. The molecule has 0 saturated heterocycles. The fraction of sp³-hybridized carbons (Fsp3) is 0.517. The Hall–Kier alpha value is -3.47. The van der Waals surface area contributed by atoms with Crippen LogP contribution < -0.4 is 10.8 Å². The average Bonchev–Trinajstić information content (AvgIpc) is 2.83. The predicted molar refractivity (Wildman–Crippen MR) is 146 cm³/mol. The molecule has 3 N–H and O–H groups in total. The van der Waals surface area contributed by atoms with Gasteiger partial charge in [-0.05, 0) is 56.7 Å². The third kappa shape index (κ3) is 7.80. The number of amides is 2. The van der Waals surface area contributed by atoms with E-state index in [1.807, 2.05) is 34.6 Å². The number of carbonyl (C=O) groups is 2. The third-order valence-electron chi connectivity index (χ3n) is 6.92. The number of hydrogen-bond acceptors (Lipinski definition) is 5. The minimum atomic E-state index is -4.44. The number of alkyl halides is 3. The average molecular weight is 562 g/mol. The van der Waals surface area contributed by atoms with Crippen LogP contribution in [0.2, 0.25) is 0 Å². The number of nitrogens with zero attached hydrogens (tertiary/aromatic N) is 3. The SMILES string of the molecule is CC(C)(CN(CC/C=C/n1nc(-c2ccc(C(F)(F)F)cc2)cc(C(C)(C)C)c1=N)C(=O)C1CC(O)C1)NC=O. The van der Waals surface area contributed by atoms with Crippen molar-refractivity contribution >= 4 is 18.5 Å². The molecule has 1 saturated carbocycles. The molecule has 1 aliphatic carbocycles. The Morgan fingerprint density at radius 1 is 1.18 bits per heavy atom. The van der Waals surface area contributed by atoms with Crippen LogP contribution in [0.5, 0.6) is 0 Å². The molecule has 0 spiro atoms. The predicted octanol–water partition coefficient (Wildman–Crippen LogP) is 4.33. The zero-order valence-electron chi connectivity index (χ0n) is 23.5. The molecule has 0 unspecified atom stereocenters. The van der Waals surface area contributed by atoms with E-state index in [-0.39, 0.29) is 23.9 Å². The van der Waals surface area contributed by atoms with Gasteiger partial charge in [-0.15, -0.1) is 0 Å². The van der Waals surface area contributed by atoms with Gasteiger partial charge in [-0.1, -0.05) is 39.0 Å². The van der Waals surface area contributed by atoms with Crippen molar-refractivity contribution in [2.45, 2.75) is 77.1 Å². The number of aliphatic hydroxyl groups is 1. The molecule has 2 aromatic rings. The molecule has 0 atom stereocenters. The van der Waals surface area contributed by atoms with Gasteiger partial charge in [0.2, 0.25) is 12.3 Å². The summed E-state index contributed by atoms with van der Waals surface area (Å²) in [5.41, 5.74) is -0.0859. The van der Waals surface area contributed by atoms with Crippen LogP contribution in [0.3, 0.4) is 0 Å². The summed E-state index contributed by atoms with van der Waals surface area (Å²) in [7, 11) is 0. The quantitative estimate of drug-likeness (QED) is 0.375. The summed E-state index contributed by atoms with van der Waals surface area (Å²) in [5, 5.41) is 25.6. The maximum Gasteiger partial charge on any atom is 0.416 e. The summed E-state index contributed by atoms with van der Waals surface area (Å²) >= 11 is 0. The summed E-state index contributed by atoms with van der Waals surface area (Å²) in [6.45, 7) is 10.1. The molecule has 218 valence electrons. The topological polar surface area (TPSA) is 111 Å². The van der Waals surface area contributed by atoms with Crippen LogP contribution in [0.4, 0.5) is 13.2 Å². The van der Waals surface area contributed by atoms with Crippen molar-refractivity contribution in [3.05, 3.63) is 53.0 Å². The highest BCUT2D eigenvalue weighted by molar-refractivity contribution is 5.80. The van der Waals surface area contributed by atoms with E-state index in [1.165, 1.54) is 16.8 Å². The lowest BCUT2D eigenvalue weighted by atomic mass is 9.81. The number of halogens is 3. The van der Waals surface area contributed by atoms with Crippen LogP contribution in [0.25, 0.3) is 17.5 Å². The molecule has 2 amide bonds. The number of carbonyl (C=O) groups excluding carboxylic acids is 2. The van der Waals surface area contributed by atoms with Gasteiger partial charge in [-0.25, -0.2) is 4.68 Å². The summed E-state index contributed by atoms with van der Waals surface area (Å²) < 4.78 is 40.5. The highest BCUT2D eigenvalue weighted by Crippen LogP contribution is 2.32. The molecule has 40 heavy (non-hydrogen) atoms. The van der Waals surface area contributed by atoms with E-state index in [0.717, 1.165) is 12.1 Å². The molecule has 1 heterocycles. The summed E-state index contributed by atoms with van der Waals surface area (Å²) in [5.74, 6) is -0.331. The van der Waals surface area contributed by atoms with Crippen LogP contribution in [0, 0.1) is 11.3 Å². The maximum absolute atomic E-state index is 13.1. The van der Waals surface area contributed by atoms with E-state index in [0.29, 0.717) is 49.0 Å². The molecule has 1 aromatic carbocycles. The highest BCUT2D eigenvalue weighted by atomic mass is 19.4. The van der Waals surface area contributed by atoms with Gasteiger partial charge in [0.05, 0.1) is 22.9 Å². The Balaban J connectivity index is 1.85. The lowest BCUT2D eigenvalue weighted by Crippen LogP contribution is -2.53. The Morgan fingerprint density at radius 3 is 2.33 bits per heavy atom. The zero-order valence-corrected chi connectivity index (χ0v) is 23.5. The van der Waals surface area contributed by atoms with Crippen LogP contribution in [-0.4, -0.2) is 56.8 Å². The second kappa shape index (κ2) is 12.0. The Morgan fingerprint density at radius 2 is 1.80 bits per heavy atom. The third-order valence-corrected chi connectivity index (χ3v) is 6.92. The minimum Gasteiger partial charge on any atom is -0.393 e.